The van der Waals surface area contributed by atoms with E-state index < -0.39 is 0 Å². The van der Waals surface area contributed by atoms with Crippen molar-refractivity contribution in [3.8, 4) is 0 Å². The number of hydrogen-bond acceptors (Lipinski definition) is 4. The molecule has 0 atom stereocenters. The predicted octanol–water partition coefficient (Wildman–Crippen LogP) is 1.71. The van der Waals surface area contributed by atoms with Crippen LogP contribution in [0.4, 0.5) is 0 Å². The van der Waals surface area contributed by atoms with Crippen molar-refractivity contribution in [2.75, 3.05) is 19.6 Å². The van der Waals surface area contributed by atoms with Crippen molar-refractivity contribution in [1.29, 1.82) is 0 Å². The number of rotatable bonds is 7. The Morgan fingerprint density at radius 3 is 2.68 bits per heavy atom. The quantitative estimate of drug-likeness (QED) is 0.628. The standard InChI is InChI=1S/C16H23N5O2.2ClH/c1-3-6-17-7-8-18-15(22)11-9-12(10-4-5-10)19-14-13(11)16(23)20-21(14)2;;/h9-10,17H,3-8H2,1-2H3,(H,18,22)(H,20,23);2*1H. The minimum absolute atomic E-state index is 0. The molecule has 0 saturated heterocycles. The Bertz CT molecular complexity index is 783. The highest BCUT2D eigenvalue weighted by Gasteiger charge is 2.28. The molecule has 9 heteroatoms. The van der Waals surface area contributed by atoms with Crippen LogP contribution in [0.25, 0.3) is 11.0 Å². The number of H-pyrrole nitrogens is 1. The van der Waals surface area contributed by atoms with Gasteiger partial charge in [-0.25, -0.2) is 4.98 Å². The van der Waals surface area contributed by atoms with Crippen molar-refractivity contribution in [2.24, 2.45) is 7.05 Å². The van der Waals surface area contributed by atoms with Crippen LogP contribution >= 0.6 is 24.8 Å². The first kappa shape index (κ1) is 21.5. The van der Waals surface area contributed by atoms with Gasteiger partial charge in [0.1, 0.15) is 0 Å². The largest absolute Gasteiger partial charge is 0.351 e. The number of pyridine rings is 1. The Balaban J connectivity index is 0.00000156. The van der Waals surface area contributed by atoms with Crippen LogP contribution in [0.5, 0.6) is 0 Å². The van der Waals surface area contributed by atoms with Gasteiger partial charge < -0.3 is 10.6 Å². The molecule has 0 unspecified atom stereocenters. The zero-order chi connectivity index (χ0) is 16.4. The molecule has 0 spiro atoms. The minimum Gasteiger partial charge on any atom is -0.351 e. The number of carbonyl (C=O) groups excluding carboxylic acids is 1. The average Bonchev–Trinajstić information content (AvgIpc) is 3.34. The first-order chi connectivity index (χ1) is 11.1. The van der Waals surface area contributed by atoms with E-state index in [-0.39, 0.29) is 36.3 Å². The Labute approximate surface area is 158 Å². The smallest absolute Gasteiger partial charge is 0.274 e. The van der Waals surface area contributed by atoms with Crippen LogP contribution in [0.1, 0.15) is 48.2 Å². The number of amides is 1. The maximum Gasteiger partial charge on any atom is 0.274 e. The second-order valence-electron chi connectivity index (χ2n) is 6.07. The summed E-state index contributed by atoms with van der Waals surface area (Å²) < 4.78 is 1.59. The first-order valence-electron chi connectivity index (χ1n) is 8.20. The second kappa shape index (κ2) is 9.22. The maximum absolute atomic E-state index is 12.5. The highest BCUT2D eigenvalue weighted by Crippen LogP contribution is 2.39. The molecular formula is C16H25Cl2N5O2. The molecule has 3 rings (SSSR count). The number of hydrogen-bond donors (Lipinski definition) is 3. The SMILES string of the molecule is CCCNCCNC(=O)c1cc(C2CC2)nc2c1c(=O)[nH]n2C.Cl.Cl. The molecule has 1 amide bonds. The third-order valence-electron chi connectivity index (χ3n) is 4.09. The minimum atomic E-state index is -0.272. The van der Waals surface area contributed by atoms with Gasteiger partial charge in [-0.15, -0.1) is 24.8 Å². The van der Waals surface area contributed by atoms with Gasteiger partial charge in [-0.1, -0.05) is 6.92 Å². The summed E-state index contributed by atoms with van der Waals surface area (Å²) >= 11 is 0. The van der Waals surface area contributed by atoms with Gasteiger partial charge in [0.15, 0.2) is 5.65 Å². The lowest BCUT2D eigenvalue weighted by molar-refractivity contribution is 0.0955. The summed E-state index contributed by atoms with van der Waals surface area (Å²) in [6.07, 6.45) is 3.25. The fraction of sp³-hybridized carbons (Fsp3) is 0.562. The monoisotopic (exact) mass is 389 g/mol. The summed E-state index contributed by atoms with van der Waals surface area (Å²) in [5, 5.41) is 9.18. The van der Waals surface area contributed by atoms with Crippen LogP contribution < -0.4 is 16.2 Å². The fourth-order valence-electron chi connectivity index (χ4n) is 2.71. The summed E-state index contributed by atoms with van der Waals surface area (Å²) in [4.78, 5) is 29.2. The molecule has 2 aromatic heterocycles. The zero-order valence-corrected chi connectivity index (χ0v) is 16.1. The van der Waals surface area contributed by atoms with E-state index in [1.165, 1.54) is 0 Å². The number of aromatic nitrogens is 3. The van der Waals surface area contributed by atoms with E-state index in [4.69, 9.17) is 0 Å². The molecule has 1 aliphatic carbocycles. The summed E-state index contributed by atoms with van der Waals surface area (Å²) in [6, 6.07) is 1.78. The van der Waals surface area contributed by atoms with Gasteiger partial charge >= 0.3 is 0 Å². The van der Waals surface area contributed by atoms with Gasteiger partial charge in [-0.3, -0.25) is 19.4 Å². The van der Waals surface area contributed by atoms with Gasteiger partial charge in [-0.05, 0) is 31.9 Å². The number of fused-ring (bicyclic) bond motifs is 1. The Morgan fingerprint density at radius 1 is 1.32 bits per heavy atom. The van der Waals surface area contributed by atoms with Crippen LogP contribution in [0.3, 0.4) is 0 Å². The molecule has 0 aliphatic heterocycles. The molecule has 0 bridgehead atoms. The van der Waals surface area contributed by atoms with E-state index in [1.54, 1.807) is 17.8 Å². The summed E-state index contributed by atoms with van der Waals surface area (Å²) in [5.74, 6) is 0.205. The van der Waals surface area contributed by atoms with Crippen molar-refractivity contribution in [2.45, 2.75) is 32.1 Å². The fourth-order valence-corrected chi connectivity index (χ4v) is 2.71. The van der Waals surface area contributed by atoms with E-state index in [9.17, 15) is 9.59 Å². The molecule has 25 heavy (non-hydrogen) atoms. The van der Waals surface area contributed by atoms with Crippen molar-refractivity contribution in [3.05, 3.63) is 27.7 Å². The van der Waals surface area contributed by atoms with Gasteiger partial charge in [0.25, 0.3) is 11.5 Å². The van der Waals surface area contributed by atoms with Crippen molar-refractivity contribution >= 4 is 41.8 Å². The Hall–Kier alpha value is -1.57. The van der Waals surface area contributed by atoms with E-state index in [2.05, 4.69) is 27.6 Å². The lowest BCUT2D eigenvalue weighted by Gasteiger charge is -2.08. The molecule has 7 nitrogen and oxygen atoms in total. The second-order valence-corrected chi connectivity index (χ2v) is 6.07. The highest BCUT2D eigenvalue weighted by molar-refractivity contribution is 6.05. The number of halogens is 2. The average molecular weight is 390 g/mol. The molecule has 0 aromatic carbocycles. The third-order valence-corrected chi connectivity index (χ3v) is 4.09. The van der Waals surface area contributed by atoms with Gasteiger partial charge in [0.2, 0.25) is 0 Å². The van der Waals surface area contributed by atoms with Gasteiger partial charge in [0.05, 0.1) is 10.9 Å². The van der Waals surface area contributed by atoms with Crippen LogP contribution in [-0.2, 0) is 7.05 Å². The molecule has 1 aliphatic rings. The van der Waals surface area contributed by atoms with Crippen molar-refractivity contribution < 1.29 is 4.79 Å². The molecule has 2 aromatic rings. The van der Waals surface area contributed by atoms with Gasteiger partial charge in [-0.2, -0.15) is 0 Å². The van der Waals surface area contributed by atoms with Crippen LogP contribution in [0.2, 0.25) is 0 Å². The summed E-state index contributed by atoms with van der Waals surface area (Å²) in [5.41, 5.74) is 1.61. The van der Waals surface area contributed by atoms with Crippen LogP contribution in [-0.4, -0.2) is 40.3 Å². The van der Waals surface area contributed by atoms with Crippen LogP contribution in [0, 0.1) is 0 Å². The highest BCUT2D eigenvalue weighted by atomic mass is 35.5. The maximum atomic E-state index is 12.5. The van der Waals surface area contributed by atoms with Crippen molar-refractivity contribution in [1.82, 2.24) is 25.4 Å². The first-order valence-corrected chi connectivity index (χ1v) is 8.20. The van der Waals surface area contributed by atoms with Crippen molar-refractivity contribution in [3.63, 3.8) is 0 Å². The van der Waals surface area contributed by atoms with Gasteiger partial charge in [0, 0.05) is 31.7 Å². The number of nitrogens with one attached hydrogen (secondary N) is 3. The lowest BCUT2D eigenvalue weighted by atomic mass is 10.1. The number of aromatic amines is 1. The molecule has 1 fully saturated rings. The third kappa shape index (κ3) is 4.74. The predicted molar refractivity (Wildman–Crippen MR) is 103 cm³/mol. The normalized spacial score (nSPS) is 13.2. The summed E-state index contributed by atoms with van der Waals surface area (Å²) in [7, 11) is 1.74. The van der Waals surface area contributed by atoms with E-state index in [0.29, 0.717) is 35.6 Å². The summed E-state index contributed by atoms with van der Waals surface area (Å²) in [6.45, 7) is 4.28. The van der Waals surface area contributed by atoms with E-state index in [0.717, 1.165) is 31.5 Å². The molecule has 1 saturated carbocycles. The zero-order valence-electron chi connectivity index (χ0n) is 14.4. The molecule has 0 radical (unpaired) electrons. The van der Waals surface area contributed by atoms with E-state index in [1.807, 2.05) is 0 Å². The molecule has 3 N–H and O–H groups in total. The number of carbonyl (C=O) groups is 1. The number of nitrogens with zero attached hydrogens (tertiary/aromatic N) is 2. The van der Waals surface area contributed by atoms with E-state index >= 15 is 0 Å². The lowest BCUT2D eigenvalue weighted by Crippen LogP contribution is -2.32. The topological polar surface area (TPSA) is 91.8 Å². The molecule has 140 valence electrons. The Morgan fingerprint density at radius 2 is 2.04 bits per heavy atom. The van der Waals surface area contributed by atoms with Crippen LogP contribution in [0.15, 0.2) is 10.9 Å². The molecule has 2 heterocycles. The molecular weight excluding hydrogens is 365 g/mol. The Kier molecular flexibility index (Phi) is 7.92. The number of aryl methyl sites for hydroxylation is 1.